The van der Waals surface area contributed by atoms with Crippen molar-refractivity contribution in [2.24, 2.45) is 0 Å². The number of sulfonamides is 1. The fraction of sp³-hybridized carbons (Fsp3) is 0.647. The Bertz CT molecular complexity index is 754. The number of hydrogen-bond acceptors (Lipinski definition) is 6. The molecule has 2 saturated heterocycles. The molecule has 0 aromatic heterocycles. The lowest BCUT2D eigenvalue weighted by atomic mass is 10.1. The fourth-order valence-corrected chi connectivity index (χ4v) is 4.74. The third-order valence-corrected chi connectivity index (χ3v) is 7.10. The SMILES string of the molecule is CCS(=O)(=O)N1CCN(c2ccc([N+](=O)[O-])c(N3CCCCC3)c2)CC1. The molecule has 3 rings (SSSR count). The zero-order chi connectivity index (χ0) is 18.7. The van der Waals surface area contributed by atoms with Gasteiger partial charge in [-0.15, -0.1) is 0 Å². The molecule has 26 heavy (non-hydrogen) atoms. The number of nitro groups is 1. The van der Waals surface area contributed by atoms with Crippen molar-refractivity contribution in [3.8, 4) is 0 Å². The first-order valence-corrected chi connectivity index (χ1v) is 10.8. The lowest BCUT2D eigenvalue weighted by Crippen LogP contribution is -2.49. The molecule has 2 heterocycles. The minimum absolute atomic E-state index is 0.115. The molecule has 8 nitrogen and oxygen atoms in total. The van der Waals surface area contributed by atoms with Crippen LogP contribution in [0.5, 0.6) is 0 Å². The molecular weight excluding hydrogens is 356 g/mol. The van der Waals surface area contributed by atoms with E-state index >= 15 is 0 Å². The van der Waals surface area contributed by atoms with Gasteiger partial charge in [0.15, 0.2) is 0 Å². The van der Waals surface area contributed by atoms with Gasteiger partial charge in [0, 0.05) is 51.0 Å². The third-order valence-electron chi connectivity index (χ3n) is 5.21. The summed E-state index contributed by atoms with van der Waals surface area (Å²) < 4.78 is 25.5. The van der Waals surface area contributed by atoms with Crippen molar-refractivity contribution in [3.05, 3.63) is 28.3 Å². The highest BCUT2D eigenvalue weighted by Gasteiger charge is 2.27. The van der Waals surface area contributed by atoms with E-state index in [-0.39, 0.29) is 16.4 Å². The number of nitrogens with zero attached hydrogens (tertiary/aromatic N) is 4. The molecular formula is C17H26N4O4S. The van der Waals surface area contributed by atoms with Crippen LogP contribution in [0, 0.1) is 10.1 Å². The summed E-state index contributed by atoms with van der Waals surface area (Å²) >= 11 is 0. The van der Waals surface area contributed by atoms with Gasteiger partial charge in [-0.1, -0.05) is 0 Å². The van der Waals surface area contributed by atoms with Gasteiger partial charge in [0.05, 0.1) is 10.7 Å². The molecule has 0 atom stereocenters. The Balaban J connectivity index is 1.80. The molecule has 0 unspecified atom stereocenters. The van der Waals surface area contributed by atoms with Crippen LogP contribution in [0.1, 0.15) is 26.2 Å². The van der Waals surface area contributed by atoms with Gasteiger partial charge >= 0.3 is 0 Å². The number of hydrogen-bond donors (Lipinski definition) is 0. The molecule has 2 fully saturated rings. The number of piperazine rings is 1. The average Bonchev–Trinajstić information content (AvgIpc) is 2.68. The van der Waals surface area contributed by atoms with Crippen LogP contribution in [0.3, 0.4) is 0 Å². The number of piperidine rings is 1. The predicted molar refractivity (Wildman–Crippen MR) is 102 cm³/mol. The summed E-state index contributed by atoms with van der Waals surface area (Å²) in [5.74, 6) is 0.115. The Kier molecular flexibility index (Phi) is 5.67. The highest BCUT2D eigenvalue weighted by molar-refractivity contribution is 7.89. The third kappa shape index (κ3) is 3.93. The molecule has 9 heteroatoms. The van der Waals surface area contributed by atoms with E-state index in [2.05, 4.69) is 9.80 Å². The van der Waals surface area contributed by atoms with Crippen LogP contribution in [0.25, 0.3) is 0 Å². The summed E-state index contributed by atoms with van der Waals surface area (Å²) in [5, 5.41) is 11.4. The van der Waals surface area contributed by atoms with Crippen LogP contribution in [-0.4, -0.2) is 62.7 Å². The first-order chi connectivity index (χ1) is 12.4. The van der Waals surface area contributed by atoms with Crippen LogP contribution >= 0.6 is 0 Å². The summed E-state index contributed by atoms with van der Waals surface area (Å²) in [4.78, 5) is 15.3. The van der Waals surface area contributed by atoms with Crippen molar-refractivity contribution in [2.45, 2.75) is 26.2 Å². The smallest absolute Gasteiger partial charge is 0.292 e. The highest BCUT2D eigenvalue weighted by atomic mass is 32.2. The second kappa shape index (κ2) is 7.79. The molecule has 0 radical (unpaired) electrons. The quantitative estimate of drug-likeness (QED) is 0.572. The maximum absolute atomic E-state index is 12.0. The largest absolute Gasteiger partial charge is 0.369 e. The van der Waals surface area contributed by atoms with E-state index < -0.39 is 10.0 Å². The van der Waals surface area contributed by atoms with Crippen molar-refractivity contribution in [2.75, 3.05) is 54.8 Å². The molecule has 0 aliphatic carbocycles. The summed E-state index contributed by atoms with van der Waals surface area (Å²) in [5.41, 5.74) is 1.74. The van der Waals surface area contributed by atoms with Gasteiger partial charge in [0.2, 0.25) is 10.0 Å². The zero-order valence-corrected chi connectivity index (χ0v) is 15.9. The number of anilines is 2. The maximum Gasteiger partial charge on any atom is 0.292 e. The Morgan fingerprint density at radius 2 is 1.65 bits per heavy atom. The van der Waals surface area contributed by atoms with E-state index in [0.717, 1.165) is 38.0 Å². The molecule has 1 aromatic carbocycles. The van der Waals surface area contributed by atoms with Crippen molar-refractivity contribution in [3.63, 3.8) is 0 Å². The zero-order valence-electron chi connectivity index (χ0n) is 15.1. The van der Waals surface area contributed by atoms with Crippen LogP contribution in [0.2, 0.25) is 0 Å². The second-order valence-electron chi connectivity index (χ2n) is 6.76. The molecule has 0 bridgehead atoms. The van der Waals surface area contributed by atoms with Crippen molar-refractivity contribution in [1.82, 2.24) is 4.31 Å². The predicted octanol–water partition coefficient (Wildman–Crippen LogP) is 2.06. The maximum atomic E-state index is 12.0. The molecule has 2 aliphatic heterocycles. The lowest BCUT2D eigenvalue weighted by molar-refractivity contribution is -0.384. The summed E-state index contributed by atoms with van der Waals surface area (Å²) in [6, 6.07) is 5.25. The molecule has 2 aliphatic rings. The van der Waals surface area contributed by atoms with Gasteiger partial charge in [-0.25, -0.2) is 8.42 Å². The van der Waals surface area contributed by atoms with Gasteiger partial charge in [-0.05, 0) is 38.3 Å². The first kappa shape index (κ1) is 18.9. The lowest BCUT2D eigenvalue weighted by Gasteiger charge is -2.36. The van der Waals surface area contributed by atoms with Crippen LogP contribution in [0.4, 0.5) is 17.1 Å². The Morgan fingerprint density at radius 1 is 1.00 bits per heavy atom. The number of rotatable bonds is 5. The molecule has 1 aromatic rings. The molecule has 0 saturated carbocycles. The van der Waals surface area contributed by atoms with E-state index in [1.165, 1.54) is 4.31 Å². The van der Waals surface area contributed by atoms with E-state index in [1.54, 1.807) is 19.1 Å². The van der Waals surface area contributed by atoms with Crippen molar-refractivity contribution in [1.29, 1.82) is 0 Å². The monoisotopic (exact) mass is 382 g/mol. The normalized spacial score (nSPS) is 19.6. The molecule has 0 amide bonds. The minimum Gasteiger partial charge on any atom is -0.369 e. The Hall–Kier alpha value is -1.87. The van der Waals surface area contributed by atoms with Crippen LogP contribution in [-0.2, 0) is 10.0 Å². The van der Waals surface area contributed by atoms with E-state index in [1.807, 2.05) is 6.07 Å². The Labute approximate surface area is 154 Å². The van der Waals surface area contributed by atoms with E-state index in [4.69, 9.17) is 0 Å². The van der Waals surface area contributed by atoms with Crippen LogP contribution < -0.4 is 9.80 Å². The fourth-order valence-electron chi connectivity index (χ4n) is 3.66. The standard InChI is InChI=1S/C17H26N4O4S/c1-2-26(24,25)20-12-10-18(11-13-20)15-6-7-16(21(22)23)17(14-15)19-8-4-3-5-9-19/h6-7,14H,2-5,8-13H2,1H3. The summed E-state index contributed by atoms with van der Waals surface area (Å²) in [6.45, 7) is 5.42. The van der Waals surface area contributed by atoms with E-state index in [0.29, 0.717) is 31.9 Å². The van der Waals surface area contributed by atoms with Crippen LogP contribution in [0.15, 0.2) is 18.2 Å². The van der Waals surface area contributed by atoms with Gasteiger partial charge in [0.25, 0.3) is 5.69 Å². The van der Waals surface area contributed by atoms with Gasteiger partial charge < -0.3 is 9.80 Å². The first-order valence-electron chi connectivity index (χ1n) is 9.18. The topological polar surface area (TPSA) is 87.0 Å². The number of benzene rings is 1. The second-order valence-corrected chi connectivity index (χ2v) is 9.02. The summed E-state index contributed by atoms with van der Waals surface area (Å²) in [7, 11) is -3.16. The van der Waals surface area contributed by atoms with Gasteiger partial charge in [-0.3, -0.25) is 10.1 Å². The Morgan fingerprint density at radius 3 is 2.23 bits per heavy atom. The van der Waals surface area contributed by atoms with Crippen molar-refractivity contribution < 1.29 is 13.3 Å². The molecule has 144 valence electrons. The molecule has 0 spiro atoms. The summed E-state index contributed by atoms with van der Waals surface area (Å²) in [6.07, 6.45) is 3.27. The van der Waals surface area contributed by atoms with Gasteiger partial charge in [-0.2, -0.15) is 4.31 Å². The molecule has 0 N–H and O–H groups in total. The number of nitro benzene ring substituents is 1. The minimum atomic E-state index is -3.16. The average molecular weight is 382 g/mol. The van der Waals surface area contributed by atoms with E-state index in [9.17, 15) is 18.5 Å². The van der Waals surface area contributed by atoms with Gasteiger partial charge in [0.1, 0.15) is 5.69 Å². The highest BCUT2D eigenvalue weighted by Crippen LogP contribution is 2.34. The van der Waals surface area contributed by atoms with Crippen molar-refractivity contribution >= 4 is 27.1 Å².